The highest BCUT2D eigenvalue weighted by atomic mass is 16.5. The van der Waals surface area contributed by atoms with Gasteiger partial charge in [0.1, 0.15) is 12.4 Å². The molecule has 1 amide bonds. The molecule has 0 saturated carbocycles. The number of nitrogens with one attached hydrogen (secondary N) is 1. The molecular formula is C24H24N2O6. The van der Waals surface area contributed by atoms with Crippen LogP contribution in [0.4, 0.5) is 0 Å². The predicted molar refractivity (Wildman–Crippen MR) is 118 cm³/mol. The van der Waals surface area contributed by atoms with Gasteiger partial charge in [0.2, 0.25) is 11.7 Å². The minimum atomic E-state index is -0.550. The quantitative estimate of drug-likeness (QED) is 0.295. The third kappa shape index (κ3) is 6.46. The number of benzene rings is 2. The first-order valence-corrected chi connectivity index (χ1v) is 10.0. The maximum Gasteiger partial charge on any atom is 0.373 e. The van der Waals surface area contributed by atoms with E-state index < -0.39 is 5.97 Å². The summed E-state index contributed by atoms with van der Waals surface area (Å²) in [6, 6.07) is 17.9. The summed E-state index contributed by atoms with van der Waals surface area (Å²) in [6.07, 6.45) is 1.78. The summed E-state index contributed by atoms with van der Waals surface area (Å²) in [5, 5.41) is 4.01. The van der Waals surface area contributed by atoms with Crippen molar-refractivity contribution >= 4 is 18.1 Å². The summed E-state index contributed by atoms with van der Waals surface area (Å²) in [5.74, 6) is 0.851. The number of carbonyl (C=O) groups is 2. The Labute approximate surface area is 185 Å². The van der Waals surface area contributed by atoms with Crippen LogP contribution in [0.15, 0.2) is 70.2 Å². The molecule has 0 radical (unpaired) electrons. The smallest absolute Gasteiger partial charge is 0.373 e. The number of hydrogen-bond donors (Lipinski definition) is 1. The maximum absolute atomic E-state index is 12.0. The molecule has 0 bridgehead atoms. The molecule has 0 aliphatic heterocycles. The Balaban J connectivity index is 1.59. The molecule has 8 heteroatoms. The molecule has 2 aromatic carbocycles. The van der Waals surface area contributed by atoms with E-state index in [-0.39, 0.29) is 24.7 Å². The van der Waals surface area contributed by atoms with E-state index in [1.807, 2.05) is 37.3 Å². The number of hydrazone groups is 1. The number of ether oxygens (including phenoxy) is 3. The molecule has 0 aliphatic rings. The summed E-state index contributed by atoms with van der Waals surface area (Å²) < 4.78 is 21.5. The normalized spacial score (nSPS) is 10.7. The number of methoxy groups -OCH3 is 1. The molecule has 0 aliphatic carbocycles. The van der Waals surface area contributed by atoms with Crippen LogP contribution in [-0.4, -0.2) is 31.8 Å². The van der Waals surface area contributed by atoms with Gasteiger partial charge in [-0.1, -0.05) is 30.3 Å². The van der Waals surface area contributed by atoms with Crippen LogP contribution in [-0.2, 0) is 22.6 Å². The third-order valence-electron chi connectivity index (χ3n) is 4.30. The van der Waals surface area contributed by atoms with Gasteiger partial charge in [-0.15, -0.1) is 0 Å². The highest BCUT2D eigenvalue weighted by molar-refractivity contribution is 5.86. The van der Waals surface area contributed by atoms with Crippen LogP contribution in [0.3, 0.4) is 0 Å². The molecule has 1 heterocycles. The fourth-order valence-electron chi connectivity index (χ4n) is 2.81. The summed E-state index contributed by atoms with van der Waals surface area (Å²) in [5.41, 5.74) is 4.16. The number of amides is 1. The molecule has 32 heavy (non-hydrogen) atoms. The second kappa shape index (κ2) is 11.4. The van der Waals surface area contributed by atoms with E-state index in [9.17, 15) is 9.59 Å². The SMILES string of the molecule is CCOc1cc(/C=N/NC(=O)Cc2ccccc2)ccc1OCc1ccc(C(=O)OC)o1. The molecule has 8 nitrogen and oxygen atoms in total. The first kappa shape index (κ1) is 22.6. The number of rotatable bonds is 10. The van der Waals surface area contributed by atoms with Gasteiger partial charge in [0, 0.05) is 0 Å². The van der Waals surface area contributed by atoms with E-state index in [0.29, 0.717) is 23.9 Å². The Kier molecular flexibility index (Phi) is 8.02. The summed E-state index contributed by atoms with van der Waals surface area (Å²) in [7, 11) is 1.29. The summed E-state index contributed by atoms with van der Waals surface area (Å²) in [4.78, 5) is 23.5. The van der Waals surface area contributed by atoms with Gasteiger partial charge in [0.05, 0.1) is 26.4 Å². The van der Waals surface area contributed by atoms with Crippen molar-refractivity contribution in [1.29, 1.82) is 0 Å². The molecule has 1 N–H and O–H groups in total. The Bertz CT molecular complexity index is 1080. The van der Waals surface area contributed by atoms with E-state index in [0.717, 1.165) is 11.1 Å². The monoisotopic (exact) mass is 436 g/mol. The van der Waals surface area contributed by atoms with Crippen molar-refractivity contribution < 1.29 is 28.2 Å². The lowest BCUT2D eigenvalue weighted by Gasteiger charge is -2.11. The lowest BCUT2D eigenvalue weighted by Crippen LogP contribution is -2.19. The number of hydrogen-bond acceptors (Lipinski definition) is 7. The van der Waals surface area contributed by atoms with E-state index in [1.165, 1.54) is 19.4 Å². The fraction of sp³-hybridized carbons (Fsp3) is 0.208. The first-order valence-electron chi connectivity index (χ1n) is 10.0. The van der Waals surface area contributed by atoms with E-state index in [2.05, 4.69) is 15.3 Å². The number of furan rings is 1. The van der Waals surface area contributed by atoms with Crippen LogP contribution < -0.4 is 14.9 Å². The van der Waals surface area contributed by atoms with E-state index in [4.69, 9.17) is 13.9 Å². The average Bonchev–Trinajstić information content (AvgIpc) is 3.28. The molecule has 0 spiro atoms. The number of nitrogens with zero attached hydrogens (tertiary/aromatic N) is 1. The summed E-state index contributed by atoms with van der Waals surface area (Å²) in [6.45, 7) is 2.42. The Morgan fingerprint density at radius 2 is 1.84 bits per heavy atom. The molecule has 0 fully saturated rings. The van der Waals surface area contributed by atoms with Gasteiger partial charge < -0.3 is 18.6 Å². The van der Waals surface area contributed by atoms with E-state index >= 15 is 0 Å². The van der Waals surface area contributed by atoms with Crippen LogP contribution >= 0.6 is 0 Å². The van der Waals surface area contributed by atoms with E-state index in [1.54, 1.807) is 24.3 Å². The molecular weight excluding hydrogens is 412 g/mol. The van der Waals surface area contributed by atoms with Gasteiger partial charge in [0.25, 0.3) is 0 Å². The van der Waals surface area contributed by atoms with Crippen LogP contribution in [0.1, 0.15) is 34.4 Å². The van der Waals surface area contributed by atoms with Crippen molar-refractivity contribution in [3.63, 3.8) is 0 Å². The maximum atomic E-state index is 12.0. The van der Waals surface area contributed by atoms with Crippen LogP contribution in [0.2, 0.25) is 0 Å². The van der Waals surface area contributed by atoms with Crippen molar-refractivity contribution in [1.82, 2.24) is 5.43 Å². The number of carbonyl (C=O) groups excluding carboxylic acids is 2. The standard InChI is InChI=1S/C24H24N2O6/c1-3-30-22-13-18(15-25-26-23(27)14-17-7-5-4-6-8-17)9-11-20(22)31-16-19-10-12-21(32-19)24(28)29-2/h4-13,15H,3,14,16H2,1-2H3,(H,26,27)/b25-15+. The third-order valence-corrected chi connectivity index (χ3v) is 4.30. The van der Waals surface area contributed by atoms with Crippen molar-refractivity contribution in [2.75, 3.05) is 13.7 Å². The van der Waals surface area contributed by atoms with Crippen molar-refractivity contribution in [2.24, 2.45) is 5.10 Å². The van der Waals surface area contributed by atoms with Gasteiger partial charge in [-0.2, -0.15) is 5.10 Å². The average molecular weight is 436 g/mol. The van der Waals surface area contributed by atoms with Gasteiger partial charge >= 0.3 is 5.97 Å². The Morgan fingerprint density at radius 1 is 1.03 bits per heavy atom. The van der Waals surface area contributed by atoms with Crippen LogP contribution in [0.25, 0.3) is 0 Å². The first-order chi connectivity index (χ1) is 15.6. The van der Waals surface area contributed by atoms with Gasteiger partial charge in [0.15, 0.2) is 11.5 Å². The molecule has 0 unspecified atom stereocenters. The summed E-state index contributed by atoms with van der Waals surface area (Å²) >= 11 is 0. The lowest BCUT2D eigenvalue weighted by atomic mass is 10.1. The molecule has 0 atom stereocenters. The van der Waals surface area contributed by atoms with Crippen molar-refractivity contribution in [3.8, 4) is 11.5 Å². The minimum Gasteiger partial charge on any atom is -0.490 e. The largest absolute Gasteiger partial charge is 0.490 e. The molecule has 0 saturated heterocycles. The topological polar surface area (TPSA) is 99.4 Å². The zero-order valence-corrected chi connectivity index (χ0v) is 17.9. The van der Waals surface area contributed by atoms with Gasteiger partial charge in [-0.05, 0) is 48.4 Å². The number of esters is 1. The van der Waals surface area contributed by atoms with Crippen LogP contribution in [0, 0.1) is 0 Å². The molecule has 3 rings (SSSR count). The molecule has 166 valence electrons. The highest BCUT2D eigenvalue weighted by Crippen LogP contribution is 2.29. The minimum absolute atomic E-state index is 0.108. The van der Waals surface area contributed by atoms with Gasteiger partial charge in [-0.3, -0.25) is 4.79 Å². The lowest BCUT2D eigenvalue weighted by molar-refractivity contribution is -0.120. The van der Waals surface area contributed by atoms with Crippen molar-refractivity contribution in [3.05, 3.63) is 83.3 Å². The van der Waals surface area contributed by atoms with Crippen molar-refractivity contribution in [2.45, 2.75) is 20.0 Å². The fourth-order valence-corrected chi connectivity index (χ4v) is 2.81. The van der Waals surface area contributed by atoms with Crippen LogP contribution in [0.5, 0.6) is 11.5 Å². The molecule has 3 aromatic rings. The predicted octanol–water partition coefficient (Wildman–Crippen LogP) is 3.74. The highest BCUT2D eigenvalue weighted by Gasteiger charge is 2.13. The second-order valence-electron chi connectivity index (χ2n) is 6.64. The Hall–Kier alpha value is -4.07. The van der Waals surface area contributed by atoms with Gasteiger partial charge in [-0.25, -0.2) is 10.2 Å². The second-order valence-corrected chi connectivity index (χ2v) is 6.64. The Morgan fingerprint density at radius 3 is 2.59 bits per heavy atom. The zero-order valence-electron chi connectivity index (χ0n) is 17.9. The molecule has 1 aromatic heterocycles. The zero-order chi connectivity index (χ0) is 22.8.